The molecule has 2 aliphatic rings. The van der Waals surface area contributed by atoms with E-state index in [1.54, 1.807) is 0 Å². The Morgan fingerprint density at radius 2 is 1.89 bits per heavy atom. The first-order chi connectivity index (χ1) is 9.31. The molecule has 0 radical (unpaired) electrons. The molecule has 1 aromatic rings. The van der Waals surface area contributed by atoms with Crippen LogP contribution in [0, 0.1) is 5.41 Å². The summed E-state index contributed by atoms with van der Waals surface area (Å²) in [7, 11) is 0. The molecule has 0 aliphatic heterocycles. The zero-order chi connectivity index (χ0) is 13.1. The van der Waals surface area contributed by atoms with Crippen molar-refractivity contribution >= 4 is 0 Å². The summed E-state index contributed by atoms with van der Waals surface area (Å²) in [5.41, 5.74) is 1.52. The van der Waals surface area contributed by atoms with Gasteiger partial charge in [-0.25, -0.2) is 0 Å². The van der Waals surface area contributed by atoms with E-state index in [0.29, 0.717) is 6.10 Å². The standard InChI is InChI=1S/C17H24O2/c18-15-13-16(17(15)10-4-5-11-17)19-12-6-9-14-7-2-1-3-8-14/h1-3,7-8,15-16,18H,4-6,9-13H2. The van der Waals surface area contributed by atoms with E-state index in [2.05, 4.69) is 30.3 Å². The molecule has 1 aromatic carbocycles. The third kappa shape index (κ3) is 2.56. The molecule has 2 atom stereocenters. The largest absolute Gasteiger partial charge is 0.392 e. The Labute approximate surface area is 115 Å². The second-order valence-electron chi connectivity index (χ2n) is 6.14. The fourth-order valence-corrected chi connectivity index (χ4v) is 3.80. The third-order valence-electron chi connectivity index (χ3n) is 5.05. The van der Waals surface area contributed by atoms with Crippen molar-refractivity contribution in [1.82, 2.24) is 0 Å². The molecule has 104 valence electrons. The van der Waals surface area contributed by atoms with Crippen molar-refractivity contribution in [3.8, 4) is 0 Å². The zero-order valence-corrected chi connectivity index (χ0v) is 11.6. The average molecular weight is 260 g/mol. The van der Waals surface area contributed by atoms with Crippen molar-refractivity contribution in [2.75, 3.05) is 6.61 Å². The Morgan fingerprint density at radius 3 is 2.58 bits per heavy atom. The van der Waals surface area contributed by atoms with E-state index in [0.717, 1.165) is 38.7 Å². The third-order valence-corrected chi connectivity index (χ3v) is 5.05. The van der Waals surface area contributed by atoms with Crippen LogP contribution in [0.5, 0.6) is 0 Å². The van der Waals surface area contributed by atoms with Crippen LogP contribution in [0.2, 0.25) is 0 Å². The molecule has 0 amide bonds. The minimum absolute atomic E-state index is 0.103. The number of aliphatic hydroxyl groups is 1. The predicted octanol–water partition coefficient (Wildman–Crippen LogP) is 3.33. The maximum Gasteiger partial charge on any atom is 0.0680 e. The van der Waals surface area contributed by atoms with E-state index in [-0.39, 0.29) is 11.5 Å². The van der Waals surface area contributed by atoms with Gasteiger partial charge < -0.3 is 9.84 Å². The van der Waals surface area contributed by atoms with Crippen LogP contribution in [0.1, 0.15) is 44.1 Å². The van der Waals surface area contributed by atoms with E-state index in [4.69, 9.17) is 4.74 Å². The summed E-state index contributed by atoms with van der Waals surface area (Å²) in [4.78, 5) is 0. The van der Waals surface area contributed by atoms with Gasteiger partial charge in [-0.15, -0.1) is 0 Å². The van der Waals surface area contributed by atoms with Crippen LogP contribution in [0.25, 0.3) is 0 Å². The monoisotopic (exact) mass is 260 g/mol. The molecule has 19 heavy (non-hydrogen) atoms. The van der Waals surface area contributed by atoms with Crippen LogP contribution < -0.4 is 0 Å². The summed E-state index contributed by atoms with van der Waals surface area (Å²) < 4.78 is 6.05. The summed E-state index contributed by atoms with van der Waals surface area (Å²) >= 11 is 0. The lowest BCUT2D eigenvalue weighted by molar-refractivity contribution is -0.189. The van der Waals surface area contributed by atoms with Gasteiger partial charge in [0.05, 0.1) is 12.2 Å². The van der Waals surface area contributed by atoms with Crippen LogP contribution >= 0.6 is 0 Å². The highest BCUT2D eigenvalue weighted by Gasteiger charge is 2.56. The van der Waals surface area contributed by atoms with Crippen LogP contribution in [0.4, 0.5) is 0 Å². The number of hydrogen-bond donors (Lipinski definition) is 1. The Bertz CT molecular complexity index is 395. The fourth-order valence-electron chi connectivity index (χ4n) is 3.80. The lowest BCUT2D eigenvalue weighted by Crippen LogP contribution is -2.56. The first-order valence-corrected chi connectivity index (χ1v) is 7.65. The van der Waals surface area contributed by atoms with E-state index in [1.807, 2.05) is 0 Å². The number of benzene rings is 1. The molecule has 2 nitrogen and oxygen atoms in total. The highest BCUT2D eigenvalue weighted by molar-refractivity contribution is 5.14. The molecule has 2 heteroatoms. The minimum Gasteiger partial charge on any atom is -0.392 e. The van der Waals surface area contributed by atoms with E-state index >= 15 is 0 Å². The highest BCUT2D eigenvalue weighted by atomic mass is 16.5. The molecule has 2 aliphatic carbocycles. The van der Waals surface area contributed by atoms with Gasteiger partial charge >= 0.3 is 0 Å². The summed E-state index contributed by atoms with van der Waals surface area (Å²) in [5, 5.41) is 10.0. The summed E-state index contributed by atoms with van der Waals surface area (Å²) in [6, 6.07) is 10.6. The SMILES string of the molecule is OC1CC(OCCCc2ccccc2)C12CCCC2. The van der Waals surface area contributed by atoms with Gasteiger partial charge in [0, 0.05) is 18.4 Å². The topological polar surface area (TPSA) is 29.5 Å². The summed E-state index contributed by atoms with van der Waals surface area (Å²) in [6.07, 6.45) is 8.09. The zero-order valence-electron chi connectivity index (χ0n) is 11.6. The Hall–Kier alpha value is -0.860. The van der Waals surface area contributed by atoms with Gasteiger partial charge in [0.2, 0.25) is 0 Å². The molecule has 1 N–H and O–H groups in total. The van der Waals surface area contributed by atoms with Crippen molar-refractivity contribution in [3.05, 3.63) is 35.9 Å². The van der Waals surface area contributed by atoms with Crippen molar-refractivity contribution < 1.29 is 9.84 Å². The van der Waals surface area contributed by atoms with Gasteiger partial charge in [0.25, 0.3) is 0 Å². The second kappa shape index (κ2) is 5.64. The van der Waals surface area contributed by atoms with E-state index in [9.17, 15) is 5.11 Å². The molecule has 0 saturated heterocycles. The molecule has 1 spiro atoms. The quantitative estimate of drug-likeness (QED) is 0.823. The molecule has 2 fully saturated rings. The molecule has 0 heterocycles. The second-order valence-corrected chi connectivity index (χ2v) is 6.14. The lowest BCUT2D eigenvalue weighted by atomic mass is 9.62. The van der Waals surface area contributed by atoms with Gasteiger partial charge in [0.1, 0.15) is 0 Å². The van der Waals surface area contributed by atoms with E-state index < -0.39 is 0 Å². The van der Waals surface area contributed by atoms with Crippen molar-refractivity contribution in [2.45, 2.75) is 57.2 Å². The van der Waals surface area contributed by atoms with Crippen LogP contribution in [0.15, 0.2) is 30.3 Å². The van der Waals surface area contributed by atoms with Crippen molar-refractivity contribution in [3.63, 3.8) is 0 Å². The van der Waals surface area contributed by atoms with Crippen molar-refractivity contribution in [2.24, 2.45) is 5.41 Å². The summed E-state index contributed by atoms with van der Waals surface area (Å²) in [5.74, 6) is 0. The van der Waals surface area contributed by atoms with Gasteiger partial charge in [-0.2, -0.15) is 0 Å². The maximum atomic E-state index is 10.0. The van der Waals surface area contributed by atoms with Gasteiger partial charge in [-0.1, -0.05) is 43.2 Å². The molecular formula is C17H24O2. The number of rotatable bonds is 5. The van der Waals surface area contributed by atoms with Gasteiger partial charge in [0.15, 0.2) is 0 Å². The van der Waals surface area contributed by atoms with E-state index in [1.165, 1.54) is 18.4 Å². The van der Waals surface area contributed by atoms with Crippen LogP contribution in [-0.4, -0.2) is 23.9 Å². The Morgan fingerprint density at radius 1 is 1.16 bits per heavy atom. The molecule has 3 rings (SSSR count). The molecular weight excluding hydrogens is 236 g/mol. The van der Waals surface area contributed by atoms with Gasteiger partial charge in [-0.05, 0) is 31.2 Å². The molecule has 2 saturated carbocycles. The molecule has 2 unspecified atom stereocenters. The first kappa shape index (κ1) is 13.1. The maximum absolute atomic E-state index is 10.0. The minimum atomic E-state index is -0.103. The smallest absolute Gasteiger partial charge is 0.0680 e. The first-order valence-electron chi connectivity index (χ1n) is 7.65. The molecule has 0 bridgehead atoms. The predicted molar refractivity (Wildman–Crippen MR) is 76.0 cm³/mol. The average Bonchev–Trinajstić information content (AvgIpc) is 2.96. The Kier molecular flexibility index (Phi) is 3.90. The highest BCUT2D eigenvalue weighted by Crippen LogP contribution is 2.54. The van der Waals surface area contributed by atoms with Crippen LogP contribution in [-0.2, 0) is 11.2 Å². The number of ether oxygens (including phenoxy) is 1. The number of aryl methyl sites for hydroxylation is 1. The molecule has 0 aromatic heterocycles. The number of hydrogen-bond acceptors (Lipinski definition) is 2. The van der Waals surface area contributed by atoms with Crippen molar-refractivity contribution in [1.29, 1.82) is 0 Å². The number of aliphatic hydroxyl groups excluding tert-OH is 1. The summed E-state index contributed by atoms with van der Waals surface area (Å²) in [6.45, 7) is 0.827. The normalized spacial score (nSPS) is 28.5. The lowest BCUT2D eigenvalue weighted by Gasteiger charge is -2.51. The Balaban J connectivity index is 1.41. The van der Waals surface area contributed by atoms with Gasteiger partial charge in [-0.3, -0.25) is 0 Å². The fraction of sp³-hybridized carbons (Fsp3) is 0.647. The van der Waals surface area contributed by atoms with Crippen LogP contribution in [0.3, 0.4) is 0 Å².